The van der Waals surface area contributed by atoms with Crippen molar-refractivity contribution in [3.05, 3.63) is 42.3 Å². The van der Waals surface area contributed by atoms with Gasteiger partial charge in [0.15, 0.2) is 11.5 Å². The number of ether oxygens (including phenoxy) is 2. The number of esters is 2. The van der Waals surface area contributed by atoms with Gasteiger partial charge in [0.25, 0.3) is 20.2 Å². The summed E-state index contributed by atoms with van der Waals surface area (Å²) in [6.07, 6.45) is 0. The zero-order chi connectivity index (χ0) is 24.8. The monoisotopic (exact) mass is 606 g/mol. The molecule has 2 aromatic rings. The summed E-state index contributed by atoms with van der Waals surface area (Å²) >= 11 is 34.5. The highest BCUT2D eigenvalue weighted by Gasteiger charge is 2.30. The highest BCUT2D eigenvalue weighted by Crippen LogP contribution is 2.44. The van der Waals surface area contributed by atoms with Crippen LogP contribution in [0.1, 0.15) is 0 Å². The van der Waals surface area contributed by atoms with Crippen LogP contribution in [-0.2, 0) is 29.8 Å². The molecule has 0 aliphatic carbocycles. The van der Waals surface area contributed by atoms with E-state index < -0.39 is 83.6 Å². The lowest BCUT2D eigenvalue weighted by Crippen LogP contribution is -2.26. The van der Waals surface area contributed by atoms with Crippen LogP contribution >= 0.6 is 69.6 Å². The molecule has 0 bridgehead atoms. The third-order valence-electron chi connectivity index (χ3n) is 3.28. The molecule has 0 amide bonds. The van der Waals surface area contributed by atoms with E-state index in [-0.39, 0.29) is 0 Å². The Bertz CT molecular complexity index is 1270. The maximum Gasteiger partial charge on any atom is 0.423 e. The Hall–Kier alpha value is -1.06. The molecule has 2 aromatic carbocycles. The SMILES string of the molecule is O=C(Oc1c(Cl)cc(S(=O)(=O)O)c(Cl)c1Cl)C(=O)Oc1c(Cl)cc(S(=O)(=O)O)c(Cl)c1Cl. The lowest BCUT2D eigenvalue weighted by atomic mass is 10.3. The predicted octanol–water partition coefficient (Wildman–Crippen LogP) is 4.61. The molecule has 0 spiro atoms. The Labute approximate surface area is 209 Å². The van der Waals surface area contributed by atoms with Crippen molar-refractivity contribution in [2.45, 2.75) is 9.79 Å². The van der Waals surface area contributed by atoms with Crippen LogP contribution in [0.5, 0.6) is 11.5 Å². The van der Waals surface area contributed by atoms with Crippen molar-refractivity contribution in [3.8, 4) is 11.5 Å². The number of benzene rings is 2. The fourth-order valence-corrected chi connectivity index (χ4v) is 5.31. The number of carbonyl (C=O) groups is 2. The van der Waals surface area contributed by atoms with Crippen molar-refractivity contribution in [1.82, 2.24) is 0 Å². The molecule has 0 saturated carbocycles. The van der Waals surface area contributed by atoms with E-state index >= 15 is 0 Å². The molecular weight excluding hydrogens is 605 g/mol. The van der Waals surface area contributed by atoms with E-state index in [1.165, 1.54) is 0 Å². The Kier molecular flexibility index (Phi) is 8.21. The van der Waals surface area contributed by atoms with Crippen LogP contribution in [0, 0.1) is 0 Å². The maximum atomic E-state index is 12.1. The summed E-state index contributed by atoms with van der Waals surface area (Å²) < 4.78 is 72.5. The summed E-state index contributed by atoms with van der Waals surface area (Å²) in [7, 11) is -9.69. The molecule has 0 heterocycles. The topological polar surface area (TPSA) is 161 Å². The summed E-state index contributed by atoms with van der Waals surface area (Å²) in [6.45, 7) is 0. The lowest BCUT2D eigenvalue weighted by molar-refractivity contribution is -0.156. The average molecular weight is 609 g/mol. The molecule has 2 N–H and O–H groups in total. The van der Waals surface area contributed by atoms with Crippen LogP contribution in [0.15, 0.2) is 21.9 Å². The molecule has 0 aromatic heterocycles. The van der Waals surface area contributed by atoms with Gasteiger partial charge in [0, 0.05) is 0 Å². The molecule has 0 aliphatic heterocycles. The van der Waals surface area contributed by atoms with E-state index in [4.69, 9.17) is 78.7 Å². The molecule has 0 atom stereocenters. The fraction of sp³-hybridized carbons (Fsp3) is 0. The third-order valence-corrected chi connectivity index (χ3v) is 7.52. The highest BCUT2D eigenvalue weighted by atomic mass is 35.5. The van der Waals surface area contributed by atoms with Gasteiger partial charge in [-0.1, -0.05) is 69.6 Å². The van der Waals surface area contributed by atoms with Gasteiger partial charge in [-0.2, -0.15) is 16.8 Å². The first-order valence-electron chi connectivity index (χ1n) is 7.20. The van der Waals surface area contributed by atoms with Gasteiger partial charge in [-0.15, -0.1) is 0 Å². The first-order chi connectivity index (χ1) is 14.5. The van der Waals surface area contributed by atoms with Crippen LogP contribution in [-0.4, -0.2) is 37.9 Å². The van der Waals surface area contributed by atoms with Crippen molar-refractivity contribution >= 4 is 102 Å². The minimum absolute atomic E-state index is 0.598. The van der Waals surface area contributed by atoms with E-state index in [0.717, 1.165) is 0 Å². The minimum Gasteiger partial charge on any atom is -0.415 e. The van der Waals surface area contributed by atoms with Gasteiger partial charge in [-0.3, -0.25) is 9.11 Å². The van der Waals surface area contributed by atoms with E-state index in [1.54, 1.807) is 0 Å². The fourth-order valence-electron chi connectivity index (χ4n) is 1.94. The van der Waals surface area contributed by atoms with Crippen LogP contribution in [0.25, 0.3) is 0 Å². The van der Waals surface area contributed by atoms with E-state index in [0.29, 0.717) is 12.1 Å². The van der Waals surface area contributed by atoms with E-state index in [2.05, 4.69) is 9.47 Å². The second-order valence-corrected chi connectivity index (χ2v) is 10.5. The van der Waals surface area contributed by atoms with Gasteiger partial charge >= 0.3 is 11.9 Å². The number of carbonyl (C=O) groups excluding carboxylic acids is 2. The van der Waals surface area contributed by atoms with Crippen molar-refractivity contribution in [1.29, 1.82) is 0 Å². The third kappa shape index (κ3) is 5.70. The van der Waals surface area contributed by atoms with Crippen LogP contribution in [0.4, 0.5) is 0 Å². The molecule has 0 fully saturated rings. The molecule has 0 aliphatic rings. The van der Waals surface area contributed by atoms with Gasteiger partial charge in [-0.25, -0.2) is 9.59 Å². The van der Waals surface area contributed by atoms with E-state index in [1.807, 2.05) is 0 Å². The van der Waals surface area contributed by atoms with Gasteiger partial charge in [-0.05, 0) is 12.1 Å². The Morgan fingerprint density at radius 3 is 1.16 bits per heavy atom. The molecule has 32 heavy (non-hydrogen) atoms. The summed E-state index contributed by atoms with van der Waals surface area (Å²) in [5.41, 5.74) is 0. The lowest BCUT2D eigenvalue weighted by Gasteiger charge is -2.13. The number of hydrogen-bond donors (Lipinski definition) is 2. The van der Waals surface area contributed by atoms with Crippen LogP contribution < -0.4 is 9.47 Å². The van der Waals surface area contributed by atoms with Gasteiger partial charge in [0.2, 0.25) is 0 Å². The maximum absolute atomic E-state index is 12.1. The Morgan fingerprint density at radius 2 is 0.906 bits per heavy atom. The van der Waals surface area contributed by atoms with Crippen molar-refractivity contribution in [2.75, 3.05) is 0 Å². The summed E-state index contributed by atoms with van der Waals surface area (Å²) in [5, 5.41) is -4.30. The normalized spacial score (nSPS) is 11.9. The standard InChI is InChI=1S/C14H4Cl6O10S2/c15-3-1-5(31(23,24)25)7(17)9(19)11(3)29-13(21)14(22)30-12-4(16)2-6(32(26,27)28)8(18)10(12)20/h1-2H,(H,23,24,25)(H,26,27,28). The largest absolute Gasteiger partial charge is 0.423 e. The van der Waals surface area contributed by atoms with Crippen molar-refractivity contribution < 1.29 is 45.0 Å². The number of rotatable bonds is 4. The second kappa shape index (κ2) is 9.66. The Balaban J connectivity index is 2.38. The van der Waals surface area contributed by atoms with Gasteiger partial charge < -0.3 is 9.47 Å². The predicted molar refractivity (Wildman–Crippen MR) is 114 cm³/mol. The smallest absolute Gasteiger partial charge is 0.415 e. The van der Waals surface area contributed by atoms with Crippen LogP contribution in [0.3, 0.4) is 0 Å². The average Bonchev–Trinajstić information content (AvgIpc) is 2.65. The zero-order valence-corrected chi connectivity index (χ0v) is 20.6. The quantitative estimate of drug-likeness (QED) is 0.165. The summed E-state index contributed by atoms with van der Waals surface area (Å²) in [4.78, 5) is 22.3. The highest BCUT2D eigenvalue weighted by molar-refractivity contribution is 7.86. The van der Waals surface area contributed by atoms with Crippen molar-refractivity contribution in [3.63, 3.8) is 0 Å². The van der Waals surface area contributed by atoms with Gasteiger partial charge in [0.1, 0.15) is 19.8 Å². The summed E-state index contributed by atoms with van der Waals surface area (Å²) in [5.74, 6) is -5.09. The number of hydrogen-bond acceptors (Lipinski definition) is 8. The number of halogens is 6. The van der Waals surface area contributed by atoms with Crippen molar-refractivity contribution in [2.24, 2.45) is 0 Å². The molecule has 0 saturated heterocycles. The Morgan fingerprint density at radius 1 is 0.625 bits per heavy atom. The first-order valence-corrected chi connectivity index (χ1v) is 12.4. The summed E-state index contributed by atoms with van der Waals surface area (Å²) in [6, 6.07) is 1.20. The molecule has 0 unspecified atom stereocenters. The van der Waals surface area contributed by atoms with Crippen LogP contribution in [0.2, 0.25) is 30.1 Å². The van der Waals surface area contributed by atoms with E-state index in [9.17, 15) is 26.4 Å². The molecule has 18 heteroatoms. The molecule has 2 rings (SSSR count). The molecular formula is C14H4Cl6O10S2. The second-order valence-electron chi connectivity index (χ2n) is 5.36. The zero-order valence-electron chi connectivity index (χ0n) is 14.4. The molecule has 10 nitrogen and oxygen atoms in total. The van der Waals surface area contributed by atoms with Gasteiger partial charge in [0.05, 0.1) is 20.1 Å². The molecule has 174 valence electrons. The first kappa shape index (κ1) is 27.2. The minimum atomic E-state index is -4.84. The molecule has 0 radical (unpaired) electrons.